The Bertz CT molecular complexity index is 299. The Balaban J connectivity index is 2.81. The molecule has 0 aliphatic carbocycles. The zero-order valence-electron chi connectivity index (χ0n) is 6.94. The predicted octanol–water partition coefficient (Wildman–Crippen LogP) is 1.25. The molecule has 13 heavy (non-hydrogen) atoms. The number of oxime groups is 1. The molecule has 0 fully saturated rings. The summed E-state index contributed by atoms with van der Waals surface area (Å²) in [5.74, 6) is 0.411. The van der Waals surface area contributed by atoms with Gasteiger partial charge in [-0.15, -0.1) is 0 Å². The van der Waals surface area contributed by atoms with Crippen molar-refractivity contribution in [1.29, 1.82) is 0 Å². The maximum absolute atomic E-state index is 8.32. The molecule has 1 rings (SSSR count). The van der Waals surface area contributed by atoms with Crippen molar-refractivity contribution in [3.05, 3.63) is 18.1 Å². The lowest BCUT2D eigenvalue weighted by atomic mass is 10.5. The Morgan fingerprint density at radius 2 is 2.38 bits per heavy atom. The average Bonchev–Trinajstić information content (AvgIpc) is 2.18. The highest BCUT2D eigenvalue weighted by atomic mass is 35.5. The first-order chi connectivity index (χ1) is 6.27. The van der Waals surface area contributed by atoms with E-state index in [9.17, 15) is 0 Å². The first kappa shape index (κ1) is 9.73. The molecule has 6 heteroatoms. The third kappa shape index (κ3) is 2.55. The topological polar surface area (TPSA) is 67.6 Å². The Morgan fingerprint density at radius 1 is 1.62 bits per heavy atom. The van der Waals surface area contributed by atoms with Crippen LogP contribution in [-0.2, 0) is 0 Å². The first-order valence-electron chi connectivity index (χ1n) is 3.60. The van der Waals surface area contributed by atoms with Gasteiger partial charge >= 0.3 is 0 Å². The van der Waals surface area contributed by atoms with Gasteiger partial charge < -0.3 is 9.94 Å². The van der Waals surface area contributed by atoms with Crippen LogP contribution in [0.25, 0.3) is 0 Å². The van der Waals surface area contributed by atoms with Crippen LogP contribution in [0.15, 0.2) is 17.5 Å². The number of rotatable bonds is 3. The Hall–Kier alpha value is -1.36. The number of hydrogen-bond acceptors (Lipinski definition) is 5. The van der Waals surface area contributed by atoms with Crippen LogP contribution in [0.4, 0.5) is 0 Å². The lowest BCUT2D eigenvalue weighted by molar-refractivity contribution is 0.320. The molecule has 0 aromatic carbocycles. The molecule has 0 atom stereocenters. The average molecular weight is 202 g/mol. The lowest BCUT2D eigenvalue weighted by Gasteiger charge is -2.00. The summed E-state index contributed by atoms with van der Waals surface area (Å²) in [7, 11) is 0. The summed E-state index contributed by atoms with van der Waals surface area (Å²) in [6, 6.07) is 0. The quantitative estimate of drug-likeness (QED) is 0.454. The standard InChI is InChI=1S/C7H8ClN3O2/c1-2-13-6-4-9-5(3-10-6)7(8)11-12/h3-4,12H,2H2,1H3/b11-7-. The fraction of sp³-hybridized carbons (Fsp3) is 0.286. The molecule has 0 aliphatic heterocycles. The fourth-order valence-corrected chi connectivity index (χ4v) is 0.794. The molecule has 0 aliphatic rings. The molecule has 0 saturated heterocycles. The monoisotopic (exact) mass is 201 g/mol. The van der Waals surface area contributed by atoms with E-state index in [1.165, 1.54) is 12.4 Å². The van der Waals surface area contributed by atoms with Crippen molar-refractivity contribution in [3.8, 4) is 5.88 Å². The van der Waals surface area contributed by atoms with Crippen molar-refractivity contribution in [2.24, 2.45) is 5.16 Å². The van der Waals surface area contributed by atoms with E-state index in [2.05, 4.69) is 15.1 Å². The molecule has 0 saturated carbocycles. The van der Waals surface area contributed by atoms with E-state index in [0.29, 0.717) is 18.2 Å². The van der Waals surface area contributed by atoms with Gasteiger partial charge in [0.25, 0.3) is 0 Å². The molecule has 70 valence electrons. The van der Waals surface area contributed by atoms with Gasteiger partial charge in [-0.05, 0) is 6.92 Å². The smallest absolute Gasteiger partial charge is 0.232 e. The third-order valence-corrected chi connectivity index (χ3v) is 1.49. The fourth-order valence-electron chi connectivity index (χ4n) is 0.696. The summed E-state index contributed by atoms with van der Waals surface area (Å²) in [6.45, 7) is 2.37. The van der Waals surface area contributed by atoms with Crippen molar-refractivity contribution < 1.29 is 9.94 Å². The van der Waals surface area contributed by atoms with Gasteiger partial charge in [0.05, 0.1) is 19.0 Å². The maximum atomic E-state index is 8.32. The van der Waals surface area contributed by atoms with Gasteiger partial charge in [-0.25, -0.2) is 9.97 Å². The molecule has 0 bridgehead atoms. The molecule has 0 radical (unpaired) electrons. The molecule has 1 aromatic rings. The SMILES string of the molecule is CCOc1cnc(/C(Cl)=N/O)cn1. The van der Waals surface area contributed by atoms with Gasteiger partial charge in [-0.1, -0.05) is 16.8 Å². The molecule has 1 heterocycles. The summed E-state index contributed by atoms with van der Waals surface area (Å²) in [5.41, 5.74) is 0.299. The lowest BCUT2D eigenvalue weighted by Crippen LogP contribution is -2.00. The third-order valence-electron chi connectivity index (χ3n) is 1.22. The Morgan fingerprint density at radius 3 is 2.85 bits per heavy atom. The highest BCUT2D eigenvalue weighted by Gasteiger charge is 2.02. The van der Waals surface area contributed by atoms with Crippen molar-refractivity contribution in [2.75, 3.05) is 6.61 Å². The van der Waals surface area contributed by atoms with Gasteiger partial charge in [0.15, 0.2) is 5.17 Å². The van der Waals surface area contributed by atoms with E-state index >= 15 is 0 Å². The minimum absolute atomic E-state index is 0.101. The van der Waals surface area contributed by atoms with Crippen LogP contribution in [0.1, 0.15) is 12.6 Å². The van der Waals surface area contributed by atoms with Crippen LogP contribution in [0.3, 0.4) is 0 Å². The maximum Gasteiger partial charge on any atom is 0.232 e. The zero-order chi connectivity index (χ0) is 9.68. The van der Waals surface area contributed by atoms with Gasteiger partial charge in [0, 0.05) is 0 Å². The largest absolute Gasteiger partial charge is 0.477 e. The van der Waals surface area contributed by atoms with E-state index in [0.717, 1.165) is 0 Å². The highest BCUT2D eigenvalue weighted by molar-refractivity contribution is 6.69. The van der Waals surface area contributed by atoms with Crippen LogP contribution < -0.4 is 4.74 Å². The van der Waals surface area contributed by atoms with E-state index in [1.54, 1.807) is 0 Å². The van der Waals surface area contributed by atoms with Crippen LogP contribution in [0.2, 0.25) is 0 Å². The van der Waals surface area contributed by atoms with Gasteiger partial charge in [0.1, 0.15) is 5.69 Å². The van der Waals surface area contributed by atoms with Crippen LogP contribution in [0.5, 0.6) is 5.88 Å². The Kier molecular flexibility index (Phi) is 3.45. The van der Waals surface area contributed by atoms with E-state index in [1.807, 2.05) is 6.92 Å². The minimum Gasteiger partial charge on any atom is -0.477 e. The summed E-state index contributed by atoms with van der Waals surface area (Å²) in [4.78, 5) is 7.73. The number of hydrogen-bond donors (Lipinski definition) is 1. The molecular weight excluding hydrogens is 194 g/mol. The molecule has 0 unspecified atom stereocenters. The second-order valence-corrected chi connectivity index (χ2v) is 2.42. The summed E-state index contributed by atoms with van der Waals surface area (Å²) >= 11 is 5.48. The summed E-state index contributed by atoms with van der Waals surface area (Å²) in [5, 5.41) is 11.0. The highest BCUT2D eigenvalue weighted by Crippen LogP contribution is 2.05. The van der Waals surface area contributed by atoms with Crippen molar-refractivity contribution in [1.82, 2.24) is 9.97 Å². The normalized spacial score (nSPS) is 11.4. The molecular formula is C7H8ClN3O2. The van der Waals surface area contributed by atoms with Gasteiger partial charge in [-0.2, -0.15) is 0 Å². The number of nitrogens with zero attached hydrogens (tertiary/aromatic N) is 3. The van der Waals surface area contributed by atoms with Gasteiger partial charge in [-0.3, -0.25) is 0 Å². The van der Waals surface area contributed by atoms with E-state index < -0.39 is 0 Å². The van der Waals surface area contributed by atoms with Gasteiger partial charge in [0.2, 0.25) is 5.88 Å². The number of aromatic nitrogens is 2. The molecule has 0 spiro atoms. The van der Waals surface area contributed by atoms with E-state index in [-0.39, 0.29) is 5.17 Å². The van der Waals surface area contributed by atoms with Crippen molar-refractivity contribution >= 4 is 16.8 Å². The summed E-state index contributed by atoms with van der Waals surface area (Å²) in [6.07, 6.45) is 2.78. The number of ether oxygens (including phenoxy) is 1. The summed E-state index contributed by atoms with van der Waals surface area (Å²) < 4.78 is 5.06. The van der Waals surface area contributed by atoms with Crippen molar-refractivity contribution in [3.63, 3.8) is 0 Å². The van der Waals surface area contributed by atoms with Crippen LogP contribution >= 0.6 is 11.6 Å². The van der Waals surface area contributed by atoms with Crippen LogP contribution in [-0.4, -0.2) is 27.0 Å². The second-order valence-electron chi connectivity index (χ2n) is 2.06. The minimum atomic E-state index is -0.101. The Labute approximate surface area is 80.0 Å². The second kappa shape index (κ2) is 4.61. The predicted molar refractivity (Wildman–Crippen MR) is 47.4 cm³/mol. The molecule has 5 nitrogen and oxygen atoms in total. The van der Waals surface area contributed by atoms with E-state index in [4.69, 9.17) is 21.5 Å². The molecule has 0 amide bonds. The first-order valence-corrected chi connectivity index (χ1v) is 3.98. The van der Waals surface area contributed by atoms with Crippen molar-refractivity contribution in [2.45, 2.75) is 6.92 Å². The van der Waals surface area contributed by atoms with Crippen LogP contribution in [0, 0.1) is 0 Å². The number of halogens is 1. The zero-order valence-corrected chi connectivity index (χ0v) is 7.69. The molecule has 1 N–H and O–H groups in total. The molecule has 1 aromatic heterocycles.